The van der Waals surface area contributed by atoms with Crippen molar-refractivity contribution < 1.29 is 4.79 Å². The van der Waals surface area contributed by atoms with E-state index >= 15 is 0 Å². The van der Waals surface area contributed by atoms with E-state index in [1.165, 1.54) is 6.20 Å². The van der Waals surface area contributed by atoms with Gasteiger partial charge in [0.25, 0.3) is 5.91 Å². The number of thiocarbonyl (C=S) groups is 1. The molecule has 0 aromatic carbocycles. The van der Waals surface area contributed by atoms with E-state index in [4.69, 9.17) is 18.0 Å². The molecule has 0 radical (unpaired) electrons. The van der Waals surface area contributed by atoms with Crippen molar-refractivity contribution in [3.8, 4) is 0 Å². The zero-order valence-electron chi connectivity index (χ0n) is 11.0. The summed E-state index contributed by atoms with van der Waals surface area (Å²) in [5, 5.41) is 0. The predicted octanol–water partition coefficient (Wildman–Crippen LogP) is 1.38. The molecule has 0 aliphatic heterocycles. The van der Waals surface area contributed by atoms with E-state index in [0.29, 0.717) is 17.8 Å². The van der Waals surface area contributed by atoms with Crippen LogP contribution in [-0.2, 0) is 6.54 Å². The SMILES string of the molecule is CN(Cc1cccnc1)C(=O)c1ccc(C(N)=S)cn1. The van der Waals surface area contributed by atoms with Gasteiger partial charge in [-0.25, -0.2) is 0 Å². The van der Waals surface area contributed by atoms with E-state index in [1.54, 1.807) is 36.5 Å². The van der Waals surface area contributed by atoms with E-state index in [-0.39, 0.29) is 10.9 Å². The summed E-state index contributed by atoms with van der Waals surface area (Å²) < 4.78 is 0. The molecule has 2 heterocycles. The van der Waals surface area contributed by atoms with Crippen LogP contribution in [0.15, 0.2) is 42.9 Å². The molecule has 0 spiro atoms. The lowest BCUT2D eigenvalue weighted by Crippen LogP contribution is -2.27. The first kappa shape index (κ1) is 14.1. The molecule has 2 rings (SSSR count). The molecule has 5 nitrogen and oxygen atoms in total. The minimum absolute atomic E-state index is 0.164. The monoisotopic (exact) mass is 286 g/mol. The minimum atomic E-state index is -0.164. The molecule has 102 valence electrons. The molecule has 2 aromatic rings. The molecule has 0 aliphatic rings. The van der Waals surface area contributed by atoms with Gasteiger partial charge in [0.2, 0.25) is 0 Å². The summed E-state index contributed by atoms with van der Waals surface area (Å²) in [5.41, 5.74) is 7.45. The molecule has 1 amide bonds. The lowest BCUT2D eigenvalue weighted by atomic mass is 10.2. The molecule has 6 heteroatoms. The van der Waals surface area contributed by atoms with Gasteiger partial charge in [-0.05, 0) is 23.8 Å². The quantitative estimate of drug-likeness (QED) is 0.860. The number of aromatic nitrogens is 2. The van der Waals surface area contributed by atoms with Crippen molar-refractivity contribution in [2.75, 3.05) is 7.05 Å². The van der Waals surface area contributed by atoms with Gasteiger partial charge < -0.3 is 10.6 Å². The van der Waals surface area contributed by atoms with Crippen molar-refractivity contribution in [1.82, 2.24) is 14.9 Å². The Balaban J connectivity index is 2.08. The maximum atomic E-state index is 12.2. The first-order valence-electron chi connectivity index (χ1n) is 5.98. The third-order valence-corrected chi connectivity index (χ3v) is 2.99. The Morgan fingerprint density at radius 2 is 2.15 bits per heavy atom. The number of carbonyl (C=O) groups excluding carboxylic acids is 1. The van der Waals surface area contributed by atoms with Crippen LogP contribution in [0.25, 0.3) is 0 Å². The lowest BCUT2D eigenvalue weighted by molar-refractivity contribution is 0.0779. The van der Waals surface area contributed by atoms with Crippen LogP contribution in [0.3, 0.4) is 0 Å². The fourth-order valence-corrected chi connectivity index (χ4v) is 1.82. The fourth-order valence-electron chi connectivity index (χ4n) is 1.70. The van der Waals surface area contributed by atoms with Crippen LogP contribution < -0.4 is 5.73 Å². The summed E-state index contributed by atoms with van der Waals surface area (Å²) >= 11 is 4.84. The zero-order valence-corrected chi connectivity index (χ0v) is 11.8. The number of carbonyl (C=O) groups is 1. The molecule has 0 unspecified atom stereocenters. The topological polar surface area (TPSA) is 72.1 Å². The third-order valence-electron chi connectivity index (χ3n) is 2.76. The molecular weight excluding hydrogens is 272 g/mol. The first-order valence-corrected chi connectivity index (χ1v) is 6.39. The Labute approximate surface area is 122 Å². The normalized spacial score (nSPS) is 10.1. The lowest BCUT2D eigenvalue weighted by Gasteiger charge is -2.16. The van der Waals surface area contributed by atoms with Crippen molar-refractivity contribution >= 4 is 23.1 Å². The van der Waals surface area contributed by atoms with Crippen LogP contribution in [-0.4, -0.2) is 32.8 Å². The van der Waals surface area contributed by atoms with E-state index in [0.717, 1.165) is 5.56 Å². The molecule has 0 saturated heterocycles. The Hall–Kier alpha value is -2.34. The maximum absolute atomic E-state index is 12.2. The smallest absolute Gasteiger partial charge is 0.272 e. The van der Waals surface area contributed by atoms with Gasteiger partial charge in [-0.2, -0.15) is 0 Å². The minimum Gasteiger partial charge on any atom is -0.389 e. The van der Waals surface area contributed by atoms with Crippen molar-refractivity contribution in [3.05, 3.63) is 59.7 Å². The summed E-state index contributed by atoms with van der Waals surface area (Å²) in [7, 11) is 1.72. The summed E-state index contributed by atoms with van der Waals surface area (Å²) in [6, 6.07) is 7.07. The third kappa shape index (κ3) is 3.36. The average Bonchev–Trinajstić information content (AvgIpc) is 2.47. The highest BCUT2D eigenvalue weighted by molar-refractivity contribution is 7.80. The van der Waals surface area contributed by atoms with Crippen LogP contribution >= 0.6 is 12.2 Å². The summed E-state index contributed by atoms with van der Waals surface area (Å²) in [5.74, 6) is -0.164. The number of hydrogen-bond acceptors (Lipinski definition) is 4. The molecule has 0 atom stereocenters. The zero-order chi connectivity index (χ0) is 14.5. The molecule has 0 bridgehead atoms. The van der Waals surface area contributed by atoms with E-state index < -0.39 is 0 Å². The number of nitrogens with two attached hydrogens (primary N) is 1. The van der Waals surface area contributed by atoms with E-state index in [1.807, 2.05) is 12.1 Å². The van der Waals surface area contributed by atoms with Gasteiger partial charge in [-0.3, -0.25) is 14.8 Å². The molecule has 2 N–H and O–H groups in total. The van der Waals surface area contributed by atoms with Crippen molar-refractivity contribution in [1.29, 1.82) is 0 Å². The number of hydrogen-bond donors (Lipinski definition) is 1. The van der Waals surface area contributed by atoms with Crippen LogP contribution in [0.4, 0.5) is 0 Å². The van der Waals surface area contributed by atoms with Gasteiger partial charge in [-0.15, -0.1) is 0 Å². The van der Waals surface area contributed by atoms with Crippen molar-refractivity contribution in [2.24, 2.45) is 5.73 Å². The molecule has 0 aliphatic carbocycles. The molecular formula is C14H14N4OS. The standard InChI is InChI=1S/C14H14N4OS/c1-18(9-10-3-2-6-16-7-10)14(19)12-5-4-11(8-17-12)13(15)20/h2-8H,9H2,1H3,(H2,15,20). The number of amides is 1. The Kier molecular flexibility index (Phi) is 4.37. The van der Waals surface area contributed by atoms with Crippen LogP contribution in [0, 0.1) is 0 Å². The van der Waals surface area contributed by atoms with Gasteiger partial charge >= 0.3 is 0 Å². The Bertz CT molecular complexity index is 613. The van der Waals surface area contributed by atoms with Gasteiger partial charge in [-0.1, -0.05) is 18.3 Å². The Morgan fingerprint density at radius 3 is 2.70 bits per heavy atom. The highest BCUT2D eigenvalue weighted by Crippen LogP contribution is 2.07. The largest absolute Gasteiger partial charge is 0.389 e. The molecule has 20 heavy (non-hydrogen) atoms. The number of pyridine rings is 2. The average molecular weight is 286 g/mol. The van der Waals surface area contributed by atoms with Crippen LogP contribution in [0.2, 0.25) is 0 Å². The van der Waals surface area contributed by atoms with Gasteiger partial charge in [0.15, 0.2) is 0 Å². The maximum Gasteiger partial charge on any atom is 0.272 e. The van der Waals surface area contributed by atoms with Gasteiger partial charge in [0.1, 0.15) is 10.7 Å². The molecule has 2 aromatic heterocycles. The fraction of sp³-hybridized carbons (Fsp3) is 0.143. The van der Waals surface area contributed by atoms with Gasteiger partial charge in [0, 0.05) is 37.7 Å². The van der Waals surface area contributed by atoms with Crippen LogP contribution in [0.5, 0.6) is 0 Å². The second-order valence-electron chi connectivity index (χ2n) is 4.32. The number of rotatable bonds is 4. The number of nitrogens with zero attached hydrogens (tertiary/aromatic N) is 3. The van der Waals surface area contributed by atoms with Crippen molar-refractivity contribution in [3.63, 3.8) is 0 Å². The Morgan fingerprint density at radius 1 is 1.35 bits per heavy atom. The van der Waals surface area contributed by atoms with Gasteiger partial charge in [0.05, 0.1) is 0 Å². The summed E-state index contributed by atoms with van der Waals surface area (Å²) in [6.07, 6.45) is 4.93. The second-order valence-corrected chi connectivity index (χ2v) is 4.76. The highest BCUT2D eigenvalue weighted by atomic mass is 32.1. The highest BCUT2D eigenvalue weighted by Gasteiger charge is 2.13. The van der Waals surface area contributed by atoms with Crippen LogP contribution in [0.1, 0.15) is 21.6 Å². The second kappa shape index (κ2) is 6.21. The predicted molar refractivity (Wildman–Crippen MR) is 80.2 cm³/mol. The summed E-state index contributed by atoms with van der Waals surface area (Å²) in [4.78, 5) is 22.2. The van der Waals surface area contributed by atoms with E-state index in [2.05, 4.69) is 9.97 Å². The first-order chi connectivity index (χ1) is 9.58. The van der Waals surface area contributed by atoms with Crippen molar-refractivity contribution in [2.45, 2.75) is 6.54 Å². The summed E-state index contributed by atoms with van der Waals surface area (Å²) in [6.45, 7) is 0.478. The molecule has 0 fully saturated rings. The molecule has 0 saturated carbocycles. The van der Waals surface area contributed by atoms with E-state index in [9.17, 15) is 4.79 Å².